The molecule has 1 fully saturated rings. The van der Waals surface area contributed by atoms with Crippen molar-refractivity contribution >= 4 is 5.91 Å². The van der Waals surface area contributed by atoms with Gasteiger partial charge in [-0.15, -0.1) is 0 Å². The second-order valence-electron chi connectivity index (χ2n) is 6.33. The summed E-state index contributed by atoms with van der Waals surface area (Å²) in [6.07, 6.45) is 0. The molecule has 0 aromatic heterocycles. The molecular formula is C20H22N4O2. The van der Waals surface area contributed by atoms with Gasteiger partial charge in [-0.05, 0) is 30.2 Å². The van der Waals surface area contributed by atoms with Crippen LogP contribution in [0.3, 0.4) is 0 Å². The van der Waals surface area contributed by atoms with Crippen LogP contribution in [-0.4, -0.2) is 18.5 Å². The molecule has 2 aromatic rings. The monoisotopic (exact) mass is 350 g/mol. The van der Waals surface area contributed by atoms with Gasteiger partial charge in [-0.2, -0.15) is 5.26 Å². The first-order chi connectivity index (χ1) is 12.7. The zero-order chi connectivity index (χ0) is 18.4. The SMILES string of the molecule is CC1NNCC1C(=O)NC(C#N)c1ccc(OCc2ccccc2)cc1. The molecule has 3 N–H and O–H groups in total. The highest BCUT2D eigenvalue weighted by molar-refractivity contribution is 5.80. The van der Waals surface area contributed by atoms with E-state index in [-0.39, 0.29) is 17.9 Å². The average molecular weight is 350 g/mol. The summed E-state index contributed by atoms with van der Waals surface area (Å²) in [5.41, 5.74) is 7.79. The molecular weight excluding hydrogens is 328 g/mol. The molecule has 1 heterocycles. The molecule has 3 unspecified atom stereocenters. The smallest absolute Gasteiger partial charge is 0.227 e. The van der Waals surface area contributed by atoms with Gasteiger partial charge in [-0.25, -0.2) is 0 Å². The lowest BCUT2D eigenvalue weighted by molar-refractivity contribution is -0.125. The van der Waals surface area contributed by atoms with Crippen LogP contribution in [0.15, 0.2) is 54.6 Å². The molecule has 0 spiro atoms. The van der Waals surface area contributed by atoms with E-state index in [2.05, 4.69) is 22.2 Å². The van der Waals surface area contributed by atoms with Crippen molar-refractivity contribution in [2.24, 2.45) is 5.92 Å². The fraction of sp³-hybridized carbons (Fsp3) is 0.300. The van der Waals surface area contributed by atoms with Crippen LogP contribution in [0.4, 0.5) is 0 Å². The number of hydrazine groups is 1. The maximum atomic E-state index is 12.4. The number of amides is 1. The lowest BCUT2D eigenvalue weighted by Crippen LogP contribution is -2.39. The molecule has 0 aliphatic carbocycles. The third-order valence-corrected chi connectivity index (χ3v) is 4.47. The molecule has 6 nitrogen and oxygen atoms in total. The number of hydrogen-bond donors (Lipinski definition) is 3. The zero-order valence-electron chi connectivity index (χ0n) is 14.6. The highest BCUT2D eigenvalue weighted by Crippen LogP contribution is 2.19. The quantitative estimate of drug-likeness (QED) is 0.742. The summed E-state index contributed by atoms with van der Waals surface area (Å²) in [6.45, 7) is 2.97. The van der Waals surface area contributed by atoms with Gasteiger partial charge in [-0.1, -0.05) is 42.5 Å². The van der Waals surface area contributed by atoms with Crippen LogP contribution in [0, 0.1) is 17.2 Å². The lowest BCUT2D eigenvalue weighted by Gasteiger charge is -2.17. The Morgan fingerprint density at radius 1 is 1.27 bits per heavy atom. The van der Waals surface area contributed by atoms with Gasteiger partial charge in [0.05, 0.1) is 12.0 Å². The van der Waals surface area contributed by atoms with E-state index in [4.69, 9.17) is 4.74 Å². The Kier molecular flexibility index (Phi) is 5.84. The number of rotatable bonds is 6. The molecule has 2 aromatic carbocycles. The minimum absolute atomic E-state index is 0.0307. The van der Waals surface area contributed by atoms with Gasteiger partial charge in [0.25, 0.3) is 0 Å². The van der Waals surface area contributed by atoms with Crippen molar-refractivity contribution in [1.29, 1.82) is 5.26 Å². The molecule has 26 heavy (non-hydrogen) atoms. The van der Waals surface area contributed by atoms with Crippen LogP contribution in [-0.2, 0) is 11.4 Å². The van der Waals surface area contributed by atoms with E-state index in [1.165, 1.54) is 0 Å². The second kappa shape index (κ2) is 8.48. The summed E-state index contributed by atoms with van der Waals surface area (Å²) in [5, 5.41) is 12.2. The van der Waals surface area contributed by atoms with Crippen LogP contribution < -0.4 is 20.9 Å². The number of carbonyl (C=O) groups excluding carboxylic acids is 1. The molecule has 134 valence electrons. The van der Waals surface area contributed by atoms with Gasteiger partial charge in [0.1, 0.15) is 18.4 Å². The van der Waals surface area contributed by atoms with E-state index in [0.717, 1.165) is 16.9 Å². The first-order valence-electron chi connectivity index (χ1n) is 8.62. The van der Waals surface area contributed by atoms with E-state index in [1.807, 2.05) is 61.5 Å². The highest BCUT2D eigenvalue weighted by atomic mass is 16.5. The second-order valence-corrected chi connectivity index (χ2v) is 6.33. The molecule has 0 saturated carbocycles. The molecule has 0 bridgehead atoms. The van der Waals surface area contributed by atoms with Crippen molar-refractivity contribution in [3.05, 3.63) is 65.7 Å². The minimum atomic E-state index is -0.682. The van der Waals surface area contributed by atoms with E-state index < -0.39 is 6.04 Å². The number of nitriles is 1. The van der Waals surface area contributed by atoms with Crippen molar-refractivity contribution < 1.29 is 9.53 Å². The number of nitrogens with zero attached hydrogens (tertiary/aromatic N) is 1. The Bertz CT molecular complexity index is 771. The van der Waals surface area contributed by atoms with Gasteiger partial charge in [-0.3, -0.25) is 15.6 Å². The molecule has 3 atom stereocenters. The summed E-state index contributed by atoms with van der Waals surface area (Å²) < 4.78 is 5.75. The van der Waals surface area contributed by atoms with Crippen molar-refractivity contribution in [3.63, 3.8) is 0 Å². The molecule has 6 heteroatoms. The topological polar surface area (TPSA) is 86.2 Å². The summed E-state index contributed by atoms with van der Waals surface area (Å²) in [5.74, 6) is 0.392. The van der Waals surface area contributed by atoms with E-state index >= 15 is 0 Å². The third kappa shape index (κ3) is 4.39. The van der Waals surface area contributed by atoms with E-state index in [9.17, 15) is 10.1 Å². The Hall–Kier alpha value is -2.88. The van der Waals surface area contributed by atoms with Gasteiger partial charge < -0.3 is 10.1 Å². The first-order valence-corrected chi connectivity index (χ1v) is 8.62. The first kappa shape index (κ1) is 17.9. The molecule has 1 amide bonds. The van der Waals surface area contributed by atoms with Crippen LogP contribution in [0.25, 0.3) is 0 Å². The molecule has 1 saturated heterocycles. The Balaban J connectivity index is 1.59. The zero-order valence-corrected chi connectivity index (χ0v) is 14.6. The number of carbonyl (C=O) groups is 1. The molecule has 3 rings (SSSR count). The Morgan fingerprint density at radius 3 is 2.62 bits per heavy atom. The van der Waals surface area contributed by atoms with Crippen LogP contribution in [0.2, 0.25) is 0 Å². The predicted octanol–water partition coefficient (Wildman–Crippen LogP) is 2.06. The molecule has 1 aliphatic rings. The lowest BCUT2D eigenvalue weighted by atomic mass is 10.0. The number of hydrogen-bond acceptors (Lipinski definition) is 5. The van der Waals surface area contributed by atoms with Crippen LogP contribution in [0.5, 0.6) is 5.75 Å². The van der Waals surface area contributed by atoms with Crippen molar-refractivity contribution in [2.45, 2.75) is 25.6 Å². The van der Waals surface area contributed by atoms with Gasteiger partial charge >= 0.3 is 0 Å². The van der Waals surface area contributed by atoms with Crippen molar-refractivity contribution in [1.82, 2.24) is 16.2 Å². The van der Waals surface area contributed by atoms with E-state index in [0.29, 0.717) is 13.2 Å². The normalized spacial score (nSPS) is 20.2. The van der Waals surface area contributed by atoms with Gasteiger partial charge in [0, 0.05) is 12.6 Å². The maximum Gasteiger partial charge on any atom is 0.227 e. The average Bonchev–Trinajstić information content (AvgIpc) is 3.12. The standard InChI is InChI=1S/C20H22N4O2/c1-14-18(12-22-24-14)20(25)23-19(11-21)16-7-9-17(10-8-16)26-13-15-5-3-2-4-6-15/h2-10,14,18-19,22,24H,12-13H2,1H3,(H,23,25). The molecule has 1 aliphatic heterocycles. The Labute approximate surface area is 153 Å². The third-order valence-electron chi connectivity index (χ3n) is 4.47. The number of nitrogens with one attached hydrogen (secondary N) is 3. The van der Waals surface area contributed by atoms with Crippen LogP contribution in [0.1, 0.15) is 24.1 Å². The number of benzene rings is 2. The maximum absolute atomic E-state index is 12.4. The van der Waals surface area contributed by atoms with Crippen molar-refractivity contribution in [2.75, 3.05) is 6.54 Å². The predicted molar refractivity (Wildman–Crippen MR) is 97.8 cm³/mol. The van der Waals surface area contributed by atoms with Gasteiger partial charge in [0.2, 0.25) is 5.91 Å². The highest BCUT2D eigenvalue weighted by Gasteiger charge is 2.30. The summed E-state index contributed by atoms with van der Waals surface area (Å²) >= 11 is 0. The fourth-order valence-electron chi connectivity index (χ4n) is 2.86. The van der Waals surface area contributed by atoms with Gasteiger partial charge in [0.15, 0.2) is 0 Å². The van der Waals surface area contributed by atoms with E-state index in [1.54, 1.807) is 0 Å². The Morgan fingerprint density at radius 2 is 2.00 bits per heavy atom. The molecule has 0 radical (unpaired) electrons. The van der Waals surface area contributed by atoms with Crippen molar-refractivity contribution in [3.8, 4) is 11.8 Å². The van der Waals surface area contributed by atoms with Crippen LogP contribution >= 0.6 is 0 Å². The summed E-state index contributed by atoms with van der Waals surface area (Å²) in [6, 6.07) is 18.7. The largest absolute Gasteiger partial charge is 0.489 e. The summed E-state index contributed by atoms with van der Waals surface area (Å²) in [7, 11) is 0. The number of ether oxygens (including phenoxy) is 1. The fourth-order valence-corrected chi connectivity index (χ4v) is 2.86. The summed E-state index contributed by atoms with van der Waals surface area (Å²) in [4.78, 5) is 12.4. The minimum Gasteiger partial charge on any atom is -0.489 e.